The number of imidazole rings is 1. The minimum atomic E-state index is -4.84. The number of benzene rings is 2. The molecule has 0 saturated carbocycles. The molecule has 7 nitrogen and oxygen atoms in total. The van der Waals surface area contributed by atoms with Crippen LogP contribution >= 0.6 is 0 Å². The summed E-state index contributed by atoms with van der Waals surface area (Å²) in [6.45, 7) is 3.68. The van der Waals surface area contributed by atoms with Crippen molar-refractivity contribution in [3.63, 3.8) is 0 Å². The molecular weight excluding hydrogens is 433 g/mol. The number of alkyl halides is 3. The number of carbonyl (C=O) groups excluding carboxylic acids is 1. The normalized spacial score (nSPS) is 13.3. The van der Waals surface area contributed by atoms with Crippen LogP contribution in [0.3, 0.4) is 0 Å². The minimum absolute atomic E-state index is 0.186. The van der Waals surface area contributed by atoms with Gasteiger partial charge in [-0.1, -0.05) is 24.3 Å². The molecule has 3 aromatic rings. The van der Waals surface area contributed by atoms with Crippen LogP contribution in [0.15, 0.2) is 53.4 Å². The number of sulfonamides is 1. The van der Waals surface area contributed by atoms with Crippen LogP contribution in [0.1, 0.15) is 18.3 Å². The highest BCUT2D eigenvalue weighted by Crippen LogP contribution is 2.33. The number of aryl methyl sites for hydroxylation is 1. The summed E-state index contributed by atoms with van der Waals surface area (Å²) in [6, 6.07) is 10.0. The predicted molar refractivity (Wildman–Crippen MR) is 109 cm³/mol. The Balaban J connectivity index is 1.65. The van der Waals surface area contributed by atoms with Gasteiger partial charge in [-0.25, -0.2) is 13.4 Å². The molecule has 0 aliphatic carbocycles. The average Bonchev–Trinajstić information content (AvgIpc) is 3.02. The summed E-state index contributed by atoms with van der Waals surface area (Å²) in [5.41, 5.74) is 0.417. The van der Waals surface area contributed by atoms with Crippen molar-refractivity contribution in [3.05, 3.63) is 59.9 Å². The Hall–Kier alpha value is -2.92. The Labute approximate surface area is 177 Å². The van der Waals surface area contributed by atoms with Crippen LogP contribution < -0.4 is 10.0 Å². The van der Waals surface area contributed by atoms with E-state index >= 15 is 0 Å². The first-order valence-electron chi connectivity index (χ1n) is 9.39. The van der Waals surface area contributed by atoms with Gasteiger partial charge in [-0.2, -0.15) is 17.9 Å². The van der Waals surface area contributed by atoms with Gasteiger partial charge < -0.3 is 9.88 Å². The van der Waals surface area contributed by atoms with E-state index in [9.17, 15) is 26.4 Å². The molecule has 0 aliphatic heterocycles. The molecule has 0 spiro atoms. The van der Waals surface area contributed by atoms with E-state index in [2.05, 4.69) is 10.3 Å². The fourth-order valence-corrected chi connectivity index (χ4v) is 4.64. The van der Waals surface area contributed by atoms with Crippen molar-refractivity contribution in [2.24, 2.45) is 0 Å². The van der Waals surface area contributed by atoms with E-state index in [1.807, 2.05) is 40.5 Å². The zero-order chi connectivity index (χ0) is 22.8. The molecule has 1 amide bonds. The first kappa shape index (κ1) is 22.8. The third-order valence-corrected chi connectivity index (χ3v) is 6.29. The Morgan fingerprint density at radius 1 is 1.13 bits per heavy atom. The molecule has 0 fully saturated rings. The molecule has 11 heteroatoms. The molecule has 0 radical (unpaired) electrons. The number of rotatable bonds is 7. The molecule has 1 aromatic heterocycles. The van der Waals surface area contributed by atoms with Gasteiger partial charge in [0.05, 0.1) is 27.5 Å². The Morgan fingerprint density at radius 2 is 1.77 bits per heavy atom. The van der Waals surface area contributed by atoms with Crippen molar-refractivity contribution >= 4 is 27.0 Å². The van der Waals surface area contributed by atoms with Crippen LogP contribution in [0, 0.1) is 6.92 Å². The third-order valence-electron chi connectivity index (χ3n) is 4.69. The van der Waals surface area contributed by atoms with Crippen molar-refractivity contribution in [1.29, 1.82) is 0 Å². The highest BCUT2D eigenvalue weighted by Gasteiger charge is 2.37. The zero-order valence-electron chi connectivity index (χ0n) is 16.8. The number of nitrogens with one attached hydrogen (secondary N) is 2. The maximum Gasteiger partial charge on any atom is 0.417 e. The van der Waals surface area contributed by atoms with Gasteiger partial charge in [0, 0.05) is 13.1 Å². The average molecular weight is 454 g/mol. The number of aromatic nitrogens is 2. The molecule has 1 atom stereocenters. The SMILES string of the molecule is Cc1nc2ccccc2n1CCNC(=O)[C@H](C)NS(=O)(=O)c1ccccc1C(F)(F)F. The largest absolute Gasteiger partial charge is 0.417 e. The van der Waals surface area contributed by atoms with Crippen molar-refractivity contribution in [1.82, 2.24) is 19.6 Å². The second kappa shape index (κ2) is 8.67. The van der Waals surface area contributed by atoms with E-state index < -0.39 is 38.6 Å². The second-order valence-corrected chi connectivity index (χ2v) is 8.61. The van der Waals surface area contributed by atoms with Crippen LogP contribution in [0.5, 0.6) is 0 Å². The smallest absolute Gasteiger partial charge is 0.353 e. The standard InChI is InChI=1S/C20H21F3N4O3S/c1-13(26-31(29,30)18-10-6-3-7-15(18)20(21,22)23)19(28)24-11-12-27-14(2)25-16-8-4-5-9-17(16)27/h3-10,13,26H,11-12H2,1-2H3,(H,24,28)/t13-/m0/s1. The number of para-hydroxylation sites is 2. The van der Waals surface area contributed by atoms with Gasteiger partial charge in [-0.05, 0) is 38.1 Å². The van der Waals surface area contributed by atoms with Crippen molar-refractivity contribution in [2.75, 3.05) is 6.54 Å². The summed E-state index contributed by atoms with van der Waals surface area (Å²) in [6.07, 6.45) is -4.84. The summed E-state index contributed by atoms with van der Waals surface area (Å²) in [5.74, 6) is 0.100. The molecule has 31 heavy (non-hydrogen) atoms. The number of amides is 1. The fraction of sp³-hybridized carbons (Fsp3) is 0.300. The number of hydrogen-bond acceptors (Lipinski definition) is 4. The maximum absolute atomic E-state index is 13.1. The molecule has 0 aliphatic rings. The fourth-order valence-electron chi connectivity index (χ4n) is 3.21. The van der Waals surface area contributed by atoms with Crippen LogP contribution in [-0.2, 0) is 27.5 Å². The minimum Gasteiger partial charge on any atom is -0.353 e. The molecule has 0 saturated heterocycles. The molecule has 1 heterocycles. The van der Waals surface area contributed by atoms with E-state index in [1.165, 1.54) is 13.0 Å². The lowest BCUT2D eigenvalue weighted by atomic mass is 10.2. The van der Waals surface area contributed by atoms with Gasteiger partial charge >= 0.3 is 6.18 Å². The van der Waals surface area contributed by atoms with Gasteiger partial charge in [-0.15, -0.1) is 0 Å². The van der Waals surface area contributed by atoms with E-state index in [0.29, 0.717) is 12.6 Å². The predicted octanol–water partition coefficient (Wildman–Crippen LogP) is 2.85. The first-order chi connectivity index (χ1) is 14.5. The second-order valence-electron chi connectivity index (χ2n) is 6.93. The van der Waals surface area contributed by atoms with Crippen LogP contribution in [0.2, 0.25) is 0 Å². The number of halogens is 3. The number of carbonyl (C=O) groups is 1. The summed E-state index contributed by atoms with van der Waals surface area (Å²) in [4.78, 5) is 15.8. The lowest BCUT2D eigenvalue weighted by Gasteiger charge is -2.17. The van der Waals surface area contributed by atoms with E-state index in [0.717, 1.165) is 29.0 Å². The van der Waals surface area contributed by atoms with E-state index in [1.54, 1.807) is 0 Å². The lowest BCUT2D eigenvalue weighted by molar-refractivity contribution is -0.139. The quantitative estimate of drug-likeness (QED) is 0.574. The highest BCUT2D eigenvalue weighted by molar-refractivity contribution is 7.89. The molecular formula is C20H21F3N4O3S. The summed E-state index contributed by atoms with van der Waals surface area (Å²) < 4.78 is 68.3. The molecule has 0 bridgehead atoms. The summed E-state index contributed by atoms with van der Waals surface area (Å²) in [5, 5.41) is 2.59. The zero-order valence-corrected chi connectivity index (χ0v) is 17.6. The Morgan fingerprint density at radius 3 is 2.48 bits per heavy atom. The maximum atomic E-state index is 13.1. The Kier molecular flexibility index (Phi) is 6.37. The molecule has 2 aromatic carbocycles. The van der Waals surface area contributed by atoms with Crippen LogP contribution in [0.25, 0.3) is 11.0 Å². The monoisotopic (exact) mass is 454 g/mol. The van der Waals surface area contributed by atoms with Gasteiger partial charge in [-0.3, -0.25) is 4.79 Å². The number of fused-ring (bicyclic) bond motifs is 1. The summed E-state index contributed by atoms with van der Waals surface area (Å²) >= 11 is 0. The molecule has 3 rings (SSSR count). The third kappa shape index (κ3) is 5.05. The topological polar surface area (TPSA) is 93.1 Å². The van der Waals surface area contributed by atoms with Crippen LogP contribution in [0.4, 0.5) is 13.2 Å². The molecule has 166 valence electrons. The van der Waals surface area contributed by atoms with Gasteiger partial charge in [0.15, 0.2) is 0 Å². The lowest BCUT2D eigenvalue weighted by Crippen LogP contribution is -2.45. The summed E-state index contributed by atoms with van der Waals surface area (Å²) in [7, 11) is -4.57. The Bertz CT molecular complexity index is 1210. The highest BCUT2D eigenvalue weighted by atomic mass is 32.2. The molecule has 2 N–H and O–H groups in total. The van der Waals surface area contributed by atoms with Gasteiger partial charge in [0.25, 0.3) is 0 Å². The van der Waals surface area contributed by atoms with Crippen LogP contribution in [-0.4, -0.2) is 36.5 Å². The molecule has 0 unspecified atom stereocenters. The van der Waals surface area contributed by atoms with Gasteiger partial charge in [0.1, 0.15) is 5.82 Å². The van der Waals surface area contributed by atoms with E-state index in [4.69, 9.17) is 0 Å². The van der Waals surface area contributed by atoms with Gasteiger partial charge in [0.2, 0.25) is 15.9 Å². The van der Waals surface area contributed by atoms with Crippen molar-refractivity contribution in [3.8, 4) is 0 Å². The number of nitrogens with zero attached hydrogens (tertiary/aromatic N) is 2. The van der Waals surface area contributed by atoms with Crippen molar-refractivity contribution in [2.45, 2.75) is 37.5 Å². The first-order valence-corrected chi connectivity index (χ1v) is 10.9. The van der Waals surface area contributed by atoms with E-state index in [-0.39, 0.29) is 6.54 Å². The number of hydrogen-bond donors (Lipinski definition) is 2. The van der Waals surface area contributed by atoms with Crippen molar-refractivity contribution < 1.29 is 26.4 Å².